The van der Waals surface area contributed by atoms with E-state index in [0.717, 1.165) is 16.8 Å². The Balaban J connectivity index is 1.99. The number of esters is 1. The third kappa shape index (κ3) is 5.56. The van der Waals surface area contributed by atoms with Gasteiger partial charge in [-0.1, -0.05) is 43.8 Å². The number of nitrogens with one attached hydrogen (secondary N) is 1. The standard InChI is InChI=1S/C19H26N4O3S/c1-6-26-17(25)10-15-21-22-19(23(15)5)27-11-16(24)20-18-13(4)8-7-9-14(18)12(2)3/h7-9,12H,6,10-11H2,1-5H3,(H,20,24). The molecule has 1 aromatic heterocycles. The molecule has 0 spiro atoms. The highest BCUT2D eigenvalue weighted by Crippen LogP contribution is 2.27. The summed E-state index contributed by atoms with van der Waals surface area (Å²) in [7, 11) is 1.77. The average molecular weight is 391 g/mol. The SMILES string of the molecule is CCOC(=O)Cc1nnc(SCC(=O)Nc2c(C)cccc2C(C)C)n1C. The van der Waals surface area contributed by atoms with Gasteiger partial charge < -0.3 is 14.6 Å². The van der Waals surface area contributed by atoms with Gasteiger partial charge in [0.1, 0.15) is 12.2 Å². The molecule has 0 fully saturated rings. The minimum absolute atomic E-state index is 0.0606. The molecule has 0 atom stereocenters. The van der Waals surface area contributed by atoms with Gasteiger partial charge in [0, 0.05) is 12.7 Å². The molecular formula is C19H26N4O3S. The predicted octanol–water partition coefficient (Wildman–Crippen LogP) is 3.08. The number of nitrogens with zero attached hydrogens (tertiary/aromatic N) is 3. The summed E-state index contributed by atoms with van der Waals surface area (Å²) in [6.07, 6.45) is 0.0606. The van der Waals surface area contributed by atoms with E-state index in [2.05, 4.69) is 29.4 Å². The normalized spacial score (nSPS) is 10.9. The Morgan fingerprint density at radius 2 is 2.04 bits per heavy atom. The number of amides is 1. The van der Waals surface area contributed by atoms with Crippen molar-refractivity contribution in [2.45, 2.75) is 45.2 Å². The molecule has 1 N–H and O–H groups in total. The molecule has 0 aliphatic rings. The van der Waals surface area contributed by atoms with Gasteiger partial charge in [-0.25, -0.2) is 0 Å². The van der Waals surface area contributed by atoms with Gasteiger partial charge in [0.2, 0.25) is 5.91 Å². The van der Waals surface area contributed by atoms with Crippen LogP contribution >= 0.6 is 11.8 Å². The van der Waals surface area contributed by atoms with Crippen molar-refractivity contribution in [2.24, 2.45) is 7.05 Å². The number of anilines is 1. The van der Waals surface area contributed by atoms with E-state index < -0.39 is 0 Å². The van der Waals surface area contributed by atoms with Gasteiger partial charge in [-0.05, 0) is 30.9 Å². The average Bonchev–Trinajstić information content (AvgIpc) is 2.95. The number of rotatable bonds is 8. The van der Waals surface area contributed by atoms with Gasteiger partial charge in [-0.3, -0.25) is 9.59 Å². The minimum Gasteiger partial charge on any atom is -0.466 e. The van der Waals surface area contributed by atoms with Crippen LogP contribution in [0, 0.1) is 6.92 Å². The maximum atomic E-state index is 12.4. The zero-order chi connectivity index (χ0) is 20.0. The van der Waals surface area contributed by atoms with Crippen LogP contribution in [0.3, 0.4) is 0 Å². The Kier molecular flexibility index (Phi) is 7.41. The van der Waals surface area contributed by atoms with Crippen molar-refractivity contribution in [3.8, 4) is 0 Å². The molecule has 0 aliphatic carbocycles. The van der Waals surface area contributed by atoms with Crippen LogP contribution in [-0.4, -0.2) is 39.0 Å². The molecule has 7 nitrogen and oxygen atoms in total. The van der Waals surface area contributed by atoms with E-state index in [0.29, 0.717) is 23.5 Å². The van der Waals surface area contributed by atoms with Crippen molar-refractivity contribution < 1.29 is 14.3 Å². The first-order valence-corrected chi connectivity index (χ1v) is 9.88. The summed E-state index contributed by atoms with van der Waals surface area (Å²) in [6, 6.07) is 6.02. The van der Waals surface area contributed by atoms with Crippen LogP contribution in [0.4, 0.5) is 5.69 Å². The first kappa shape index (κ1) is 21.0. The third-order valence-electron chi connectivity index (χ3n) is 4.06. The Morgan fingerprint density at radius 1 is 1.30 bits per heavy atom. The van der Waals surface area contributed by atoms with Crippen LogP contribution < -0.4 is 5.32 Å². The number of carbonyl (C=O) groups is 2. The number of ether oxygens (including phenoxy) is 1. The Bertz CT molecular complexity index is 817. The van der Waals surface area contributed by atoms with E-state index in [1.54, 1.807) is 18.5 Å². The molecule has 0 unspecified atom stereocenters. The van der Waals surface area contributed by atoms with Crippen LogP contribution in [0.15, 0.2) is 23.4 Å². The van der Waals surface area contributed by atoms with Crippen molar-refractivity contribution in [2.75, 3.05) is 17.7 Å². The van der Waals surface area contributed by atoms with Crippen LogP contribution in [0.1, 0.15) is 43.6 Å². The fourth-order valence-electron chi connectivity index (χ4n) is 2.61. The molecule has 2 aromatic rings. The molecule has 8 heteroatoms. The molecule has 1 heterocycles. The van der Waals surface area contributed by atoms with Crippen molar-refractivity contribution in [1.82, 2.24) is 14.8 Å². The zero-order valence-electron chi connectivity index (χ0n) is 16.4. The predicted molar refractivity (Wildman–Crippen MR) is 106 cm³/mol. The van der Waals surface area contributed by atoms with Gasteiger partial charge in [-0.2, -0.15) is 0 Å². The molecule has 2 rings (SSSR count). The number of carbonyl (C=O) groups excluding carboxylic acids is 2. The van der Waals surface area contributed by atoms with Crippen molar-refractivity contribution in [3.63, 3.8) is 0 Å². The summed E-state index contributed by atoms with van der Waals surface area (Å²) < 4.78 is 6.64. The lowest BCUT2D eigenvalue weighted by molar-refractivity contribution is -0.142. The van der Waals surface area contributed by atoms with E-state index in [1.807, 2.05) is 25.1 Å². The first-order valence-electron chi connectivity index (χ1n) is 8.89. The Morgan fingerprint density at radius 3 is 2.70 bits per heavy atom. The number of hydrogen-bond acceptors (Lipinski definition) is 6. The molecule has 0 saturated carbocycles. The first-order chi connectivity index (χ1) is 12.8. The Hall–Kier alpha value is -2.35. The molecule has 1 aromatic carbocycles. The second-order valence-corrected chi connectivity index (χ2v) is 7.41. The molecule has 0 aliphatic heterocycles. The summed E-state index contributed by atoms with van der Waals surface area (Å²) >= 11 is 1.28. The quantitative estimate of drug-likeness (QED) is 0.551. The maximum absolute atomic E-state index is 12.4. The second-order valence-electron chi connectivity index (χ2n) is 6.47. The highest BCUT2D eigenvalue weighted by atomic mass is 32.2. The molecule has 146 valence electrons. The third-order valence-corrected chi connectivity index (χ3v) is 5.08. The number of benzene rings is 1. The number of hydrogen-bond donors (Lipinski definition) is 1. The van der Waals surface area contributed by atoms with E-state index >= 15 is 0 Å². The van der Waals surface area contributed by atoms with E-state index in [1.165, 1.54) is 11.8 Å². The molecule has 1 amide bonds. The minimum atomic E-state index is -0.344. The van der Waals surface area contributed by atoms with E-state index in [9.17, 15) is 9.59 Å². The molecule has 0 bridgehead atoms. The molecular weight excluding hydrogens is 364 g/mol. The molecule has 27 heavy (non-hydrogen) atoms. The fourth-order valence-corrected chi connectivity index (χ4v) is 3.34. The summed E-state index contributed by atoms with van der Waals surface area (Å²) in [5.74, 6) is 0.584. The van der Waals surface area contributed by atoms with Crippen LogP contribution in [-0.2, 0) is 27.8 Å². The molecule has 0 radical (unpaired) electrons. The monoisotopic (exact) mass is 390 g/mol. The van der Waals surface area contributed by atoms with Gasteiger partial charge >= 0.3 is 5.97 Å². The smallest absolute Gasteiger partial charge is 0.313 e. The summed E-state index contributed by atoms with van der Waals surface area (Å²) in [4.78, 5) is 24.0. The number of thioether (sulfide) groups is 1. The van der Waals surface area contributed by atoms with Crippen LogP contribution in [0.2, 0.25) is 0 Å². The summed E-state index contributed by atoms with van der Waals surface area (Å²) in [5, 5.41) is 11.7. The van der Waals surface area contributed by atoms with Crippen LogP contribution in [0.5, 0.6) is 0 Å². The van der Waals surface area contributed by atoms with Gasteiger partial charge in [-0.15, -0.1) is 10.2 Å². The van der Waals surface area contributed by atoms with Crippen molar-refractivity contribution >= 4 is 29.3 Å². The lowest BCUT2D eigenvalue weighted by Crippen LogP contribution is -2.17. The van der Waals surface area contributed by atoms with Crippen LogP contribution in [0.25, 0.3) is 0 Å². The topological polar surface area (TPSA) is 86.1 Å². The number of aromatic nitrogens is 3. The van der Waals surface area contributed by atoms with Crippen molar-refractivity contribution in [3.05, 3.63) is 35.2 Å². The van der Waals surface area contributed by atoms with E-state index in [4.69, 9.17) is 4.74 Å². The van der Waals surface area contributed by atoms with E-state index in [-0.39, 0.29) is 24.1 Å². The van der Waals surface area contributed by atoms with Crippen molar-refractivity contribution in [1.29, 1.82) is 0 Å². The van der Waals surface area contributed by atoms with Gasteiger partial charge in [0.15, 0.2) is 5.16 Å². The maximum Gasteiger partial charge on any atom is 0.313 e. The highest BCUT2D eigenvalue weighted by molar-refractivity contribution is 7.99. The zero-order valence-corrected chi connectivity index (χ0v) is 17.2. The lowest BCUT2D eigenvalue weighted by atomic mass is 9.98. The Labute approximate surface area is 163 Å². The van der Waals surface area contributed by atoms with Gasteiger partial charge in [0.05, 0.1) is 12.4 Å². The second kappa shape index (κ2) is 9.55. The number of para-hydroxylation sites is 1. The van der Waals surface area contributed by atoms with Gasteiger partial charge in [0.25, 0.3) is 0 Å². The number of aryl methyl sites for hydroxylation is 1. The molecule has 0 saturated heterocycles. The highest BCUT2D eigenvalue weighted by Gasteiger charge is 2.16. The fraction of sp³-hybridized carbons (Fsp3) is 0.474. The summed E-state index contributed by atoms with van der Waals surface area (Å²) in [5.41, 5.74) is 3.03. The largest absolute Gasteiger partial charge is 0.466 e. The lowest BCUT2D eigenvalue weighted by Gasteiger charge is -2.16. The summed E-state index contributed by atoms with van der Waals surface area (Å²) in [6.45, 7) is 8.27.